The van der Waals surface area contributed by atoms with E-state index in [0.29, 0.717) is 0 Å². The number of halogens is 34. The zero-order chi connectivity index (χ0) is 44.3. The van der Waals surface area contributed by atoms with Gasteiger partial charge in [-0.2, -0.15) is 149 Å². The first-order valence-corrected chi connectivity index (χ1v) is 10.8. The maximum atomic E-state index is 13.8. The molecule has 0 rings (SSSR count). The molecule has 2 nitrogen and oxygen atoms in total. The lowest BCUT2D eigenvalue weighted by atomic mass is 9.83. The van der Waals surface area contributed by atoms with Crippen LogP contribution in [0.5, 0.6) is 0 Å². The third-order valence-corrected chi connectivity index (χ3v) is 6.09. The highest BCUT2D eigenvalue weighted by Gasteiger charge is 3.00. The molecule has 0 aromatic rings. The SMILES string of the molecule is O=C(OC(F)(F)C(C(F)(F)F)(C(F)(F)F)C(F)(F)F)C(F)(F)C(F)(F)C(F)(F)C(F)(F)C(F)(F)C(F)(F)C(F)(F)C(F)(F)C(F)(F)C(F)(F)C(F)(F)F. The Morgan fingerprint density at radius 3 is 0.642 bits per heavy atom. The fourth-order valence-corrected chi connectivity index (χ4v) is 3.12. The van der Waals surface area contributed by atoms with Gasteiger partial charge in [0.1, 0.15) is 0 Å². The van der Waals surface area contributed by atoms with Gasteiger partial charge in [0.25, 0.3) is 0 Å². The number of hydrogen-bond acceptors (Lipinski definition) is 2. The molecular formula is C17F34O2. The quantitative estimate of drug-likeness (QED) is 0.144. The molecule has 0 aliphatic carbocycles. The van der Waals surface area contributed by atoms with Crippen LogP contribution in [0.15, 0.2) is 0 Å². The van der Waals surface area contributed by atoms with Gasteiger partial charge in [-0.1, -0.05) is 0 Å². The molecule has 0 saturated carbocycles. The fraction of sp³-hybridized carbons (Fsp3) is 0.941. The Labute approximate surface area is 261 Å². The van der Waals surface area contributed by atoms with E-state index in [2.05, 4.69) is 0 Å². The van der Waals surface area contributed by atoms with Gasteiger partial charge in [-0.3, -0.25) is 0 Å². The molecular weight excluding hydrogens is 882 g/mol. The van der Waals surface area contributed by atoms with E-state index in [1.807, 2.05) is 0 Å². The Bertz CT molecular complexity index is 1310. The first-order chi connectivity index (χ1) is 22.1. The van der Waals surface area contributed by atoms with Crippen LogP contribution in [0.2, 0.25) is 0 Å². The molecule has 0 aliphatic rings. The van der Waals surface area contributed by atoms with Crippen molar-refractivity contribution in [2.45, 2.75) is 90.0 Å². The smallest absolute Gasteiger partial charge is 0.395 e. The number of esters is 1. The Morgan fingerprint density at radius 2 is 0.453 bits per heavy atom. The highest BCUT2D eigenvalue weighted by atomic mass is 19.5. The topological polar surface area (TPSA) is 26.3 Å². The van der Waals surface area contributed by atoms with Crippen LogP contribution in [0.4, 0.5) is 149 Å². The summed E-state index contributed by atoms with van der Waals surface area (Å²) in [6.45, 7) is 0. The molecule has 0 fully saturated rings. The second kappa shape index (κ2) is 12.0. The van der Waals surface area contributed by atoms with Crippen LogP contribution in [-0.4, -0.2) is 96.0 Å². The Balaban J connectivity index is 7.61. The summed E-state index contributed by atoms with van der Waals surface area (Å²) in [5, 5.41) is 0. The van der Waals surface area contributed by atoms with Crippen LogP contribution in [0.1, 0.15) is 0 Å². The third kappa shape index (κ3) is 6.05. The molecule has 0 aromatic heterocycles. The van der Waals surface area contributed by atoms with Crippen molar-refractivity contribution in [3.8, 4) is 0 Å². The van der Waals surface area contributed by atoms with E-state index in [1.165, 1.54) is 0 Å². The molecule has 0 unspecified atom stereocenters. The molecule has 0 atom stereocenters. The van der Waals surface area contributed by atoms with Crippen LogP contribution in [-0.2, 0) is 9.53 Å². The number of ether oxygens (including phenoxy) is 1. The van der Waals surface area contributed by atoms with Crippen molar-refractivity contribution in [2.24, 2.45) is 5.41 Å². The molecule has 0 radical (unpaired) electrons. The van der Waals surface area contributed by atoms with Gasteiger partial charge in [0.2, 0.25) is 0 Å². The van der Waals surface area contributed by atoms with Gasteiger partial charge in [-0.05, 0) is 0 Å². The van der Waals surface area contributed by atoms with Gasteiger partial charge in [0.15, 0.2) is 0 Å². The van der Waals surface area contributed by atoms with Crippen molar-refractivity contribution in [1.82, 2.24) is 0 Å². The van der Waals surface area contributed by atoms with Crippen molar-refractivity contribution in [2.75, 3.05) is 0 Å². The van der Waals surface area contributed by atoms with Crippen molar-refractivity contribution in [3.05, 3.63) is 0 Å². The number of hydrogen-bond donors (Lipinski definition) is 0. The first kappa shape index (κ1) is 50.1. The molecule has 0 spiro atoms. The minimum Gasteiger partial charge on any atom is -0.395 e. The standard InChI is InChI=1S/C17F34O2/c18-2(19,1(52)53-17(50,51)3(13(38,39)40,14(41,42)43)15(44,45)46)4(20,21)5(22,23)6(24,25)7(26,27)8(28,29)9(30,31)10(32,33)11(34,35)12(36,37)16(47,48)49. The highest BCUT2D eigenvalue weighted by molar-refractivity contribution is 5.79. The maximum Gasteiger partial charge on any atom is 0.460 e. The van der Waals surface area contributed by atoms with Gasteiger partial charge in [-0.15, -0.1) is 0 Å². The van der Waals surface area contributed by atoms with Crippen LogP contribution in [0.25, 0.3) is 0 Å². The summed E-state index contributed by atoms with van der Waals surface area (Å²) in [6.07, 6.45) is -43.9. The molecule has 0 heterocycles. The third-order valence-electron chi connectivity index (χ3n) is 6.09. The lowest BCUT2D eigenvalue weighted by molar-refractivity contribution is -0.510. The number of carbonyl (C=O) groups is 1. The van der Waals surface area contributed by atoms with Crippen molar-refractivity contribution in [3.63, 3.8) is 0 Å². The van der Waals surface area contributed by atoms with Crippen LogP contribution in [0.3, 0.4) is 0 Å². The van der Waals surface area contributed by atoms with Crippen molar-refractivity contribution < 1.29 is 159 Å². The molecule has 0 bridgehead atoms. The molecule has 53 heavy (non-hydrogen) atoms. The molecule has 318 valence electrons. The Hall–Kier alpha value is -2.91. The predicted octanol–water partition coefficient (Wildman–Crippen LogP) is 10.7. The molecule has 36 heteroatoms. The number of rotatable bonds is 12. The predicted molar refractivity (Wildman–Crippen MR) is 87.2 cm³/mol. The second-order valence-corrected chi connectivity index (χ2v) is 9.39. The normalized spacial score (nSPS) is 16.9. The highest BCUT2D eigenvalue weighted by Crippen LogP contribution is 2.69. The van der Waals surface area contributed by atoms with E-state index in [4.69, 9.17) is 0 Å². The minimum absolute atomic E-state index is 0.949. The molecule has 0 aliphatic heterocycles. The summed E-state index contributed by atoms with van der Waals surface area (Å²) in [5.74, 6) is -103. The Morgan fingerprint density at radius 1 is 0.264 bits per heavy atom. The zero-order valence-corrected chi connectivity index (χ0v) is 22.2. The minimum atomic E-state index is -10.1. The van der Waals surface area contributed by atoms with Crippen LogP contribution < -0.4 is 0 Å². The van der Waals surface area contributed by atoms with E-state index in [-0.39, 0.29) is 0 Å². The van der Waals surface area contributed by atoms with E-state index in [1.54, 1.807) is 0 Å². The van der Waals surface area contributed by atoms with E-state index in [9.17, 15) is 154 Å². The summed E-state index contributed by atoms with van der Waals surface area (Å²) >= 11 is 0. The van der Waals surface area contributed by atoms with Gasteiger partial charge < -0.3 is 4.74 Å². The van der Waals surface area contributed by atoms with Gasteiger partial charge in [0, 0.05) is 0 Å². The lowest BCUT2D eigenvalue weighted by Gasteiger charge is -2.45. The van der Waals surface area contributed by atoms with E-state index >= 15 is 0 Å². The largest absolute Gasteiger partial charge is 0.460 e. The molecule has 0 N–H and O–H groups in total. The average molecular weight is 882 g/mol. The van der Waals surface area contributed by atoms with Crippen molar-refractivity contribution >= 4 is 5.97 Å². The summed E-state index contributed by atoms with van der Waals surface area (Å²) in [6, 6.07) is 0. The van der Waals surface area contributed by atoms with E-state index in [0.717, 1.165) is 4.74 Å². The summed E-state index contributed by atoms with van der Waals surface area (Å²) in [4.78, 5) is 10.9. The summed E-state index contributed by atoms with van der Waals surface area (Å²) in [7, 11) is 0. The molecule has 0 saturated heterocycles. The Kier molecular flexibility index (Phi) is 11.4. The van der Waals surface area contributed by atoms with Crippen LogP contribution in [0, 0.1) is 5.41 Å². The van der Waals surface area contributed by atoms with Crippen molar-refractivity contribution in [1.29, 1.82) is 0 Å². The first-order valence-electron chi connectivity index (χ1n) is 10.8. The molecule has 0 aromatic carbocycles. The monoisotopic (exact) mass is 882 g/mol. The number of alkyl halides is 34. The second-order valence-electron chi connectivity index (χ2n) is 9.39. The zero-order valence-electron chi connectivity index (χ0n) is 22.2. The van der Waals surface area contributed by atoms with Gasteiger partial charge in [0.05, 0.1) is 0 Å². The number of carbonyl (C=O) groups excluding carboxylic acids is 1. The lowest BCUT2D eigenvalue weighted by Crippen LogP contribution is -2.78. The maximum absolute atomic E-state index is 13.8. The van der Waals surface area contributed by atoms with E-state index < -0.39 is 101 Å². The molecule has 0 amide bonds. The summed E-state index contributed by atoms with van der Waals surface area (Å²) in [5.41, 5.74) is -9.16. The average Bonchev–Trinajstić information content (AvgIpc) is 2.83. The van der Waals surface area contributed by atoms with Gasteiger partial charge in [-0.25, -0.2) is 4.79 Å². The van der Waals surface area contributed by atoms with Gasteiger partial charge >= 0.3 is 101 Å². The fourth-order valence-electron chi connectivity index (χ4n) is 3.12. The van der Waals surface area contributed by atoms with Crippen LogP contribution >= 0.6 is 0 Å². The summed E-state index contributed by atoms with van der Waals surface area (Å²) < 4.78 is 449.